The molecule has 37 heavy (non-hydrogen) atoms. The molecule has 12 heteroatoms. The number of aryl methyl sites for hydroxylation is 1. The maximum atomic E-state index is 13.1. The molecule has 0 aliphatic heterocycles. The van der Waals surface area contributed by atoms with Crippen molar-refractivity contribution in [3.8, 4) is 11.8 Å². The fourth-order valence-electron chi connectivity index (χ4n) is 3.94. The Morgan fingerprint density at radius 2 is 1.95 bits per heavy atom. The highest BCUT2D eigenvalue weighted by Crippen LogP contribution is 2.31. The summed E-state index contributed by atoms with van der Waals surface area (Å²) < 4.78 is 47.8. The number of nitriles is 1. The number of pyridine rings is 1. The second-order valence-electron chi connectivity index (χ2n) is 8.19. The standard InChI is InChI=1S/C25H23BrF3N5O3/c1-14-8-17(15(2)34(14)19-7-5-6-18(9-19)25(27,28)29)11-31-32-22(35)12-33-16(3)23(26)21(13-37-4)20(10-30)24(33)36/h5-9,11H,12-13H2,1-4H3,(H,32,35)/b31-11-. The molecule has 0 aliphatic carbocycles. The lowest BCUT2D eigenvalue weighted by Gasteiger charge is -2.15. The Bertz CT molecular complexity index is 1480. The third kappa shape index (κ3) is 5.84. The van der Waals surface area contributed by atoms with Gasteiger partial charge in [0, 0.05) is 45.5 Å². The van der Waals surface area contributed by atoms with Crippen LogP contribution in [0.25, 0.3) is 5.69 Å². The van der Waals surface area contributed by atoms with Crippen molar-refractivity contribution in [3.05, 3.63) is 84.5 Å². The first kappa shape index (κ1) is 27.9. The number of methoxy groups -OCH3 is 1. The number of aromatic nitrogens is 2. The van der Waals surface area contributed by atoms with Crippen LogP contribution in [0.15, 0.2) is 44.7 Å². The third-order valence-electron chi connectivity index (χ3n) is 5.75. The third-order valence-corrected chi connectivity index (χ3v) is 6.80. The summed E-state index contributed by atoms with van der Waals surface area (Å²) in [4.78, 5) is 25.3. The van der Waals surface area contributed by atoms with Crippen LogP contribution in [0, 0.1) is 32.1 Å². The Morgan fingerprint density at radius 3 is 2.57 bits per heavy atom. The van der Waals surface area contributed by atoms with Gasteiger partial charge in [-0.2, -0.15) is 23.5 Å². The van der Waals surface area contributed by atoms with Gasteiger partial charge in [0.05, 0.1) is 18.4 Å². The largest absolute Gasteiger partial charge is 0.416 e. The highest BCUT2D eigenvalue weighted by molar-refractivity contribution is 9.10. The fraction of sp³-hybridized carbons (Fsp3) is 0.280. The van der Waals surface area contributed by atoms with E-state index in [-0.39, 0.29) is 18.7 Å². The molecular formula is C25H23BrF3N5O3. The summed E-state index contributed by atoms with van der Waals surface area (Å²) in [6, 6.07) is 8.57. The van der Waals surface area contributed by atoms with Gasteiger partial charge in [-0.15, -0.1) is 0 Å². The number of nitrogens with one attached hydrogen (secondary N) is 1. The van der Waals surface area contributed by atoms with E-state index in [4.69, 9.17) is 4.74 Å². The van der Waals surface area contributed by atoms with E-state index in [1.54, 1.807) is 37.5 Å². The molecule has 0 saturated carbocycles. The molecule has 8 nitrogen and oxygen atoms in total. The Morgan fingerprint density at radius 1 is 1.24 bits per heavy atom. The summed E-state index contributed by atoms with van der Waals surface area (Å²) in [6.07, 6.45) is -3.09. The summed E-state index contributed by atoms with van der Waals surface area (Å²) in [7, 11) is 1.44. The number of hydrazone groups is 1. The number of benzene rings is 1. The summed E-state index contributed by atoms with van der Waals surface area (Å²) >= 11 is 3.37. The molecule has 1 N–H and O–H groups in total. The number of hydrogen-bond donors (Lipinski definition) is 1. The molecule has 0 saturated heterocycles. The Hall–Kier alpha value is -3.69. The first-order valence-corrected chi connectivity index (χ1v) is 11.7. The smallest absolute Gasteiger partial charge is 0.380 e. The number of carbonyl (C=O) groups excluding carboxylic acids is 1. The van der Waals surface area contributed by atoms with Gasteiger partial charge in [0.2, 0.25) is 0 Å². The first-order chi connectivity index (χ1) is 17.4. The number of rotatable bonds is 7. The predicted molar refractivity (Wildman–Crippen MR) is 135 cm³/mol. The van der Waals surface area contributed by atoms with E-state index in [0.29, 0.717) is 38.4 Å². The van der Waals surface area contributed by atoms with Gasteiger partial charge in [-0.3, -0.25) is 9.59 Å². The molecule has 1 amide bonds. The maximum absolute atomic E-state index is 13.1. The molecule has 0 unspecified atom stereocenters. The fourth-order valence-corrected chi connectivity index (χ4v) is 4.47. The van der Waals surface area contributed by atoms with Crippen LogP contribution < -0.4 is 11.0 Å². The highest BCUT2D eigenvalue weighted by Gasteiger charge is 2.30. The van der Waals surface area contributed by atoms with E-state index in [2.05, 4.69) is 26.5 Å². The van der Waals surface area contributed by atoms with Crippen molar-refractivity contribution in [2.75, 3.05) is 7.11 Å². The van der Waals surface area contributed by atoms with Crippen LogP contribution in [0.1, 0.15) is 39.3 Å². The number of carbonyl (C=O) groups is 1. The highest BCUT2D eigenvalue weighted by atomic mass is 79.9. The van der Waals surface area contributed by atoms with E-state index in [1.807, 2.05) is 6.07 Å². The maximum Gasteiger partial charge on any atom is 0.416 e. The van der Waals surface area contributed by atoms with Crippen LogP contribution >= 0.6 is 15.9 Å². The van der Waals surface area contributed by atoms with Crippen LogP contribution in [0.2, 0.25) is 0 Å². The van der Waals surface area contributed by atoms with Crippen molar-refractivity contribution < 1.29 is 22.7 Å². The van der Waals surface area contributed by atoms with Crippen LogP contribution in [0.4, 0.5) is 13.2 Å². The Labute approximate surface area is 219 Å². The molecule has 0 atom stereocenters. The van der Waals surface area contributed by atoms with Crippen LogP contribution in [0.3, 0.4) is 0 Å². The van der Waals surface area contributed by atoms with Gasteiger partial charge < -0.3 is 13.9 Å². The van der Waals surface area contributed by atoms with Crippen LogP contribution in [-0.2, 0) is 28.9 Å². The molecule has 2 aromatic heterocycles. The van der Waals surface area contributed by atoms with Gasteiger partial charge in [-0.05, 0) is 61.0 Å². The number of halogens is 4. The van der Waals surface area contributed by atoms with E-state index in [9.17, 15) is 28.0 Å². The van der Waals surface area contributed by atoms with Crippen molar-refractivity contribution in [2.45, 2.75) is 40.1 Å². The van der Waals surface area contributed by atoms with Gasteiger partial charge in [-0.25, -0.2) is 5.43 Å². The minimum atomic E-state index is -4.46. The second kappa shape index (κ2) is 11.1. The molecule has 0 aliphatic rings. The zero-order valence-electron chi connectivity index (χ0n) is 20.4. The molecule has 0 fully saturated rings. The quantitative estimate of drug-likeness (QED) is 0.329. The summed E-state index contributed by atoms with van der Waals surface area (Å²) in [6.45, 7) is 4.77. The lowest BCUT2D eigenvalue weighted by molar-refractivity contribution is -0.137. The summed E-state index contributed by atoms with van der Waals surface area (Å²) in [5.74, 6) is -0.608. The number of amides is 1. The number of alkyl halides is 3. The van der Waals surface area contributed by atoms with Gasteiger partial charge in [0.15, 0.2) is 0 Å². The second-order valence-corrected chi connectivity index (χ2v) is 8.99. The van der Waals surface area contributed by atoms with Gasteiger partial charge in [0.25, 0.3) is 11.5 Å². The molecule has 2 heterocycles. The molecule has 3 rings (SSSR count). The zero-order chi connectivity index (χ0) is 27.5. The average Bonchev–Trinajstić information content (AvgIpc) is 3.12. The van der Waals surface area contributed by atoms with E-state index >= 15 is 0 Å². The van der Waals surface area contributed by atoms with Crippen molar-refractivity contribution in [2.24, 2.45) is 5.10 Å². The predicted octanol–water partition coefficient (Wildman–Crippen LogP) is 4.51. The number of nitrogens with zero attached hydrogens (tertiary/aromatic N) is 4. The lowest BCUT2D eigenvalue weighted by Crippen LogP contribution is -2.33. The van der Waals surface area contributed by atoms with Gasteiger partial charge >= 0.3 is 6.18 Å². The molecule has 194 valence electrons. The average molecular weight is 578 g/mol. The van der Waals surface area contributed by atoms with E-state index < -0.39 is 23.2 Å². The number of ether oxygens (including phenoxy) is 1. The molecule has 0 spiro atoms. The molecule has 0 bridgehead atoms. The Balaban J connectivity index is 1.81. The topological polar surface area (TPSA) is 101 Å². The van der Waals surface area contributed by atoms with Crippen LogP contribution in [-0.4, -0.2) is 28.4 Å². The summed E-state index contributed by atoms with van der Waals surface area (Å²) in [5.41, 5.74) is 3.91. The molecule has 3 aromatic rings. The summed E-state index contributed by atoms with van der Waals surface area (Å²) in [5, 5.41) is 13.4. The van der Waals surface area contributed by atoms with Crippen LogP contribution in [0.5, 0.6) is 0 Å². The first-order valence-electron chi connectivity index (χ1n) is 10.9. The van der Waals surface area contributed by atoms with E-state index in [0.717, 1.165) is 16.7 Å². The van der Waals surface area contributed by atoms with Crippen molar-refractivity contribution in [3.63, 3.8) is 0 Å². The van der Waals surface area contributed by atoms with Crippen molar-refractivity contribution >= 4 is 28.1 Å². The van der Waals surface area contributed by atoms with E-state index in [1.165, 1.54) is 19.4 Å². The minimum Gasteiger partial charge on any atom is -0.380 e. The lowest BCUT2D eigenvalue weighted by atomic mass is 10.1. The van der Waals surface area contributed by atoms with Gasteiger partial charge in [0.1, 0.15) is 18.2 Å². The minimum absolute atomic E-state index is 0.0514. The van der Waals surface area contributed by atoms with Gasteiger partial charge in [-0.1, -0.05) is 6.07 Å². The molecule has 1 aromatic carbocycles. The SMILES string of the molecule is COCc1c(Br)c(C)n(CC(=O)N/N=C\c2cc(C)n(-c3cccc(C(F)(F)F)c3)c2C)c(=O)c1C#N. The normalized spacial score (nSPS) is 11.6. The molecular weight excluding hydrogens is 555 g/mol. The van der Waals surface area contributed by atoms with Crippen molar-refractivity contribution in [1.29, 1.82) is 5.26 Å². The monoisotopic (exact) mass is 577 g/mol. The van der Waals surface area contributed by atoms with Crippen molar-refractivity contribution in [1.82, 2.24) is 14.6 Å². The zero-order valence-corrected chi connectivity index (χ0v) is 22.0. The Kier molecular flexibility index (Phi) is 8.40. The molecule has 0 radical (unpaired) electrons. The number of hydrogen-bond acceptors (Lipinski definition) is 5.